The lowest BCUT2D eigenvalue weighted by molar-refractivity contribution is -0.384. The normalized spacial score (nSPS) is 14.8. The molecular weight excluding hydrogens is 566 g/mol. The smallest absolute Gasteiger partial charge is 0.293 e. The molecule has 0 spiro atoms. The summed E-state index contributed by atoms with van der Waals surface area (Å²) in [6.45, 7) is 0.240. The van der Waals surface area contributed by atoms with Crippen LogP contribution in [-0.2, 0) is 24.3 Å². The maximum Gasteiger partial charge on any atom is 0.293 e. The molecule has 0 aliphatic carbocycles. The maximum absolute atomic E-state index is 13.4. The Kier molecular flexibility index (Phi) is 10.2. The number of nitro groups is 1. The van der Waals surface area contributed by atoms with Gasteiger partial charge in [0.1, 0.15) is 18.0 Å². The van der Waals surface area contributed by atoms with Gasteiger partial charge in [0, 0.05) is 19.2 Å². The molecule has 1 heterocycles. The summed E-state index contributed by atoms with van der Waals surface area (Å²) >= 11 is 0. The second-order valence-electron chi connectivity index (χ2n) is 9.16. The zero-order valence-electron chi connectivity index (χ0n) is 22.4. The quantitative estimate of drug-likeness (QED) is 0.173. The van der Waals surface area contributed by atoms with E-state index in [9.17, 15) is 28.1 Å². The van der Waals surface area contributed by atoms with Gasteiger partial charge >= 0.3 is 0 Å². The Hall–Kier alpha value is -4.82. The number of carbonyl (C=O) groups is 2. The van der Waals surface area contributed by atoms with E-state index in [2.05, 4.69) is 15.8 Å². The largest absolute Gasteiger partial charge is 0.484 e. The lowest BCUT2D eigenvalue weighted by Crippen LogP contribution is -2.39. The van der Waals surface area contributed by atoms with E-state index in [-0.39, 0.29) is 29.2 Å². The Morgan fingerprint density at radius 3 is 2.45 bits per heavy atom. The molecule has 0 aromatic heterocycles. The van der Waals surface area contributed by atoms with Crippen LogP contribution in [0.2, 0.25) is 0 Å². The van der Waals surface area contributed by atoms with Crippen LogP contribution in [-0.4, -0.2) is 63.8 Å². The molecule has 14 heteroatoms. The van der Waals surface area contributed by atoms with Crippen molar-refractivity contribution in [2.45, 2.75) is 23.8 Å². The topological polar surface area (TPSA) is 170 Å². The number of hydrogen-bond acceptors (Lipinski definition) is 9. The van der Waals surface area contributed by atoms with E-state index in [4.69, 9.17) is 9.47 Å². The SMILES string of the molecule is O=C(COc1ccc(/C=N\NC(=O)CN(c2ccccc2[N+](=O)[O-])S(=O)(=O)c2ccccc2)cc1)NC[C@H]1CCCO1. The molecule has 0 radical (unpaired) electrons. The Balaban J connectivity index is 1.36. The van der Waals surface area contributed by atoms with Crippen LogP contribution in [0.4, 0.5) is 11.4 Å². The number of hydrogen-bond donors (Lipinski definition) is 2. The molecule has 2 N–H and O–H groups in total. The van der Waals surface area contributed by atoms with Gasteiger partial charge in [0.15, 0.2) is 6.61 Å². The second kappa shape index (κ2) is 14.2. The number of nitro benzene ring substituents is 1. The van der Waals surface area contributed by atoms with Crippen molar-refractivity contribution in [2.24, 2.45) is 5.10 Å². The highest BCUT2D eigenvalue weighted by Gasteiger charge is 2.31. The molecule has 3 aromatic rings. The molecular formula is C28H29N5O8S. The van der Waals surface area contributed by atoms with Crippen LogP contribution < -0.4 is 19.8 Å². The Morgan fingerprint density at radius 1 is 1.05 bits per heavy atom. The first-order chi connectivity index (χ1) is 20.2. The van der Waals surface area contributed by atoms with Crippen molar-refractivity contribution in [3.63, 3.8) is 0 Å². The summed E-state index contributed by atoms with van der Waals surface area (Å²) in [6.07, 6.45) is 3.28. The molecule has 13 nitrogen and oxygen atoms in total. The first-order valence-electron chi connectivity index (χ1n) is 13.0. The van der Waals surface area contributed by atoms with E-state index in [0.29, 0.717) is 28.8 Å². The van der Waals surface area contributed by atoms with Gasteiger partial charge in [0.2, 0.25) is 0 Å². The standard InChI is InChI=1S/C28H29N5O8S/c34-27(19-32(25-10-4-5-11-26(25)33(36)37)42(38,39)24-8-2-1-3-9-24)31-30-17-21-12-14-22(15-13-21)41-20-28(35)29-18-23-7-6-16-40-23/h1-5,8-15,17,23H,6-7,16,18-20H2,(H,29,35)(H,31,34)/b30-17-/t23-/m1/s1. The third-order valence-corrected chi connectivity index (χ3v) is 7.94. The zero-order valence-corrected chi connectivity index (χ0v) is 23.2. The minimum absolute atomic E-state index is 0.0428. The monoisotopic (exact) mass is 595 g/mol. The summed E-state index contributed by atoms with van der Waals surface area (Å²) in [4.78, 5) is 35.5. The van der Waals surface area contributed by atoms with Crippen molar-refractivity contribution in [1.82, 2.24) is 10.7 Å². The van der Waals surface area contributed by atoms with Gasteiger partial charge < -0.3 is 14.8 Å². The maximum atomic E-state index is 13.4. The van der Waals surface area contributed by atoms with E-state index in [1.54, 1.807) is 30.3 Å². The molecule has 1 aliphatic heterocycles. The van der Waals surface area contributed by atoms with E-state index >= 15 is 0 Å². The van der Waals surface area contributed by atoms with Crippen LogP contribution in [0.15, 0.2) is 88.9 Å². The van der Waals surface area contributed by atoms with E-state index in [0.717, 1.165) is 18.9 Å². The number of nitrogens with zero attached hydrogens (tertiary/aromatic N) is 3. The third-order valence-electron chi connectivity index (χ3n) is 6.17. The van der Waals surface area contributed by atoms with Crippen molar-refractivity contribution in [1.29, 1.82) is 0 Å². The number of ether oxygens (including phenoxy) is 2. The molecule has 1 fully saturated rings. The minimum Gasteiger partial charge on any atom is -0.484 e. The number of para-hydroxylation sites is 2. The molecule has 42 heavy (non-hydrogen) atoms. The van der Waals surface area contributed by atoms with Gasteiger partial charge in [-0.2, -0.15) is 5.10 Å². The molecule has 3 aromatic carbocycles. The number of nitrogens with one attached hydrogen (secondary N) is 2. The highest BCUT2D eigenvalue weighted by Crippen LogP contribution is 2.31. The fourth-order valence-electron chi connectivity index (χ4n) is 4.08. The lowest BCUT2D eigenvalue weighted by Gasteiger charge is -2.23. The summed E-state index contributed by atoms with van der Waals surface area (Å²) in [6, 6.07) is 19.1. The predicted octanol–water partition coefficient (Wildman–Crippen LogP) is 2.61. The Bertz CT molecular complexity index is 1530. The average Bonchev–Trinajstić information content (AvgIpc) is 3.53. The van der Waals surface area contributed by atoms with Crippen molar-refractivity contribution >= 4 is 39.4 Å². The highest BCUT2D eigenvalue weighted by molar-refractivity contribution is 7.92. The average molecular weight is 596 g/mol. The molecule has 1 saturated heterocycles. The number of sulfonamides is 1. The summed E-state index contributed by atoms with van der Waals surface area (Å²) < 4.78 is 38.4. The molecule has 0 bridgehead atoms. The van der Waals surface area contributed by atoms with Gasteiger partial charge in [-0.3, -0.25) is 19.7 Å². The molecule has 4 rings (SSSR count). The van der Waals surface area contributed by atoms with Crippen molar-refractivity contribution in [3.8, 4) is 5.75 Å². The Labute approximate surface area is 242 Å². The number of benzene rings is 3. The van der Waals surface area contributed by atoms with Crippen LogP contribution >= 0.6 is 0 Å². The van der Waals surface area contributed by atoms with Gasteiger partial charge in [-0.25, -0.2) is 18.1 Å². The molecule has 0 unspecified atom stereocenters. The van der Waals surface area contributed by atoms with Crippen LogP contribution in [0.25, 0.3) is 0 Å². The molecule has 0 saturated carbocycles. The fourth-order valence-corrected chi connectivity index (χ4v) is 5.53. The third kappa shape index (κ3) is 8.11. The van der Waals surface area contributed by atoms with Gasteiger partial charge in [-0.05, 0) is 60.9 Å². The van der Waals surface area contributed by atoms with Crippen molar-refractivity contribution in [2.75, 3.05) is 30.6 Å². The number of carbonyl (C=O) groups excluding carboxylic acids is 2. The number of hydrazone groups is 1. The summed E-state index contributed by atoms with van der Waals surface area (Å²) in [7, 11) is -4.34. The summed E-state index contributed by atoms with van der Waals surface area (Å²) in [5.74, 6) is -0.629. The molecule has 1 aliphatic rings. The zero-order chi connectivity index (χ0) is 30.0. The second-order valence-corrected chi connectivity index (χ2v) is 11.0. The first-order valence-corrected chi connectivity index (χ1v) is 14.4. The van der Waals surface area contributed by atoms with E-state index in [1.165, 1.54) is 48.7 Å². The molecule has 220 valence electrons. The highest BCUT2D eigenvalue weighted by atomic mass is 32.2. The Morgan fingerprint density at radius 2 is 1.76 bits per heavy atom. The van der Waals surface area contributed by atoms with Crippen molar-refractivity contribution in [3.05, 3.63) is 94.5 Å². The van der Waals surface area contributed by atoms with Crippen LogP contribution in [0.3, 0.4) is 0 Å². The van der Waals surface area contributed by atoms with Gasteiger partial charge in [0.05, 0.1) is 22.1 Å². The summed E-state index contributed by atoms with van der Waals surface area (Å²) in [5.41, 5.74) is 2.10. The molecule has 1 atom stereocenters. The van der Waals surface area contributed by atoms with Gasteiger partial charge in [0.25, 0.3) is 27.5 Å². The summed E-state index contributed by atoms with van der Waals surface area (Å²) in [5, 5.41) is 18.2. The van der Waals surface area contributed by atoms with E-state index < -0.39 is 33.1 Å². The number of anilines is 1. The van der Waals surface area contributed by atoms with Gasteiger partial charge in [-0.1, -0.05) is 30.3 Å². The fraction of sp³-hybridized carbons (Fsp3) is 0.250. The van der Waals surface area contributed by atoms with Crippen molar-refractivity contribution < 1.29 is 32.4 Å². The lowest BCUT2D eigenvalue weighted by atomic mass is 10.2. The van der Waals surface area contributed by atoms with E-state index in [1.807, 2.05) is 0 Å². The van der Waals surface area contributed by atoms with Crippen LogP contribution in [0, 0.1) is 10.1 Å². The number of rotatable bonds is 13. The predicted molar refractivity (Wildman–Crippen MR) is 154 cm³/mol. The molecule has 2 amide bonds. The minimum atomic E-state index is -4.34. The first kappa shape index (κ1) is 30.1. The van der Waals surface area contributed by atoms with Crippen LogP contribution in [0.1, 0.15) is 18.4 Å². The van der Waals surface area contributed by atoms with Crippen LogP contribution in [0.5, 0.6) is 5.75 Å². The number of amides is 2. The van der Waals surface area contributed by atoms with Gasteiger partial charge in [-0.15, -0.1) is 0 Å².